The SMILES string of the molecule is CCCCCNC(=NC)NCCc1cn2cccc(C)c2n1.I. The third-order valence-electron chi connectivity index (χ3n) is 3.70. The first kappa shape index (κ1) is 19.7. The highest BCUT2D eigenvalue weighted by atomic mass is 127. The zero-order valence-corrected chi connectivity index (χ0v) is 16.6. The first-order valence-electron chi connectivity index (χ1n) is 8.12. The van der Waals surface area contributed by atoms with Crippen molar-refractivity contribution in [3.8, 4) is 0 Å². The third-order valence-corrected chi connectivity index (χ3v) is 3.70. The van der Waals surface area contributed by atoms with E-state index in [9.17, 15) is 0 Å². The molecule has 0 saturated heterocycles. The van der Waals surface area contributed by atoms with Crippen LogP contribution in [-0.4, -0.2) is 35.5 Å². The largest absolute Gasteiger partial charge is 0.356 e. The van der Waals surface area contributed by atoms with Crippen LogP contribution in [0.1, 0.15) is 37.4 Å². The van der Waals surface area contributed by atoms with Crippen molar-refractivity contribution in [2.75, 3.05) is 20.1 Å². The number of pyridine rings is 1. The molecule has 5 nitrogen and oxygen atoms in total. The van der Waals surface area contributed by atoms with Gasteiger partial charge in [0, 0.05) is 39.0 Å². The molecule has 0 aromatic carbocycles. The highest BCUT2D eigenvalue weighted by molar-refractivity contribution is 14.0. The lowest BCUT2D eigenvalue weighted by molar-refractivity contribution is 0.682. The fourth-order valence-corrected chi connectivity index (χ4v) is 2.44. The summed E-state index contributed by atoms with van der Waals surface area (Å²) in [6.07, 6.45) is 8.70. The van der Waals surface area contributed by atoms with E-state index in [1.165, 1.54) is 24.8 Å². The van der Waals surface area contributed by atoms with Crippen molar-refractivity contribution in [2.24, 2.45) is 4.99 Å². The maximum absolute atomic E-state index is 4.68. The van der Waals surface area contributed by atoms with Crippen LogP contribution < -0.4 is 10.6 Å². The minimum Gasteiger partial charge on any atom is -0.356 e. The second-order valence-corrected chi connectivity index (χ2v) is 5.54. The van der Waals surface area contributed by atoms with E-state index in [2.05, 4.69) is 51.1 Å². The first-order valence-corrected chi connectivity index (χ1v) is 8.12. The molecule has 0 unspecified atom stereocenters. The van der Waals surface area contributed by atoms with Gasteiger partial charge in [-0.05, 0) is 25.0 Å². The Balaban J connectivity index is 0.00000264. The Kier molecular flexibility index (Phi) is 8.98. The molecule has 0 aliphatic carbocycles. The van der Waals surface area contributed by atoms with Gasteiger partial charge < -0.3 is 15.0 Å². The summed E-state index contributed by atoms with van der Waals surface area (Å²) in [6, 6.07) is 4.14. The lowest BCUT2D eigenvalue weighted by Gasteiger charge is -2.10. The minimum absolute atomic E-state index is 0. The Morgan fingerprint density at radius 3 is 2.74 bits per heavy atom. The van der Waals surface area contributed by atoms with Crippen LogP contribution in [0, 0.1) is 6.92 Å². The fourth-order valence-electron chi connectivity index (χ4n) is 2.44. The predicted molar refractivity (Wildman–Crippen MR) is 108 cm³/mol. The number of aromatic nitrogens is 2. The zero-order valence-electron chi connectivity index (χ0n) is 14.3. The molecule has 2 N–H and O–H groups in total. The van der Waals surface area contributed by atoms with Crippen LogP contribution in [0.25, 0.3) is 5.65 Å². The van der Waals surface area contributed by atoms with Crippen molar-refractivity contribution in [3.63, 3.8) is 0 Å². The summed E-state index contributed by atoms with van der Waals surface area (Å²) >= 11 is 0. The summed E-state index contributed by atoms with van der Waals surface area (Å²) in [7, 11) is 1.81. The topological polar surface area (TPSA) is 53.7 Å². The molecule has 0 saturated carbocycles. The van der Waals surface area contributed by atoms with E-state index in [1.54, 1.807) is 0 Å². The summed E-state index contributed by atoms with van der Waals surface area (Å²) in [5, 5.41) is 6.68. The molecular weight excluding hydrogens is 401 g/mol. The number of nitrogens with one attached hydrogen (secondary N) is 2. The van der Waals surface area contributed by atoms with E-state index >= 15 is 0 Å². The van der Waals surface area contributed by atoms with Crippen LogP contribution in [0.3, 0.4) is 0 Å². The van der Waals surface area contributed by atoms with Crippen LogP contribution in [0.15, 0.2) is 29.5 Å². The Bertz CT molecular complexity index is 620. The van der Waals surface area contributed by atoms with Crippen molar-refractivity contribution >= 4 is 35.6 Å². The quantitative estimate of drug-likeness (QED) is 0.308. The number of guanidine groups is 1. The van der Waals surface area contributed by atoms with Gasteiger partial charge in [-0.2, -0.15) is 0 Å². The summed E-state index contributed by atoms with van der Waals surface area (Å²) in [5.41, 5.74) is 3.35. The predicted octanol–water partition coefficient (Wildman–Crippen LogP) is 3.16. The molecule has 0 atom stereocenters. The smallest absolute Gasteiger partial charge is 0.190 e. The molecule has 0 amide bonds. The molecule has 0 spiro atoms. The number of hydrogen-bond acceptors (Lipinski definition) is 2. The monoisotopic (exact) mass is 429 g/mol. The normalized spacial score (nSPS) is 11.3. The van der Waals surface area contributed by atoms with Gasteiger partial charge in [0.05, 0.1) is 5.69 Å². The maximum atomic E-state index is 4.68. The van der Waals surface area contributed by atoms with E-state index < -0.39 is 0 Å². The fraction of sp³-hybridized carbons (Fsp3) is 0.529. The van der Waals surface area contributed by atoms with Crippen LogP contribution in [0.5, 0.6) is 0 Å². The van der Waals surface area contributed by atoms with E-state index in [4.69, 9.17) is 0 Å². The van der Waals surface area contributed by atoms with Crippen molar-refractivity contribution < 1.29 is 0 Å². The molecule has 23 heavy (non-hydrogen) atoms. The number of aryl methyl sites for hydroxylation is 1. The van der Waals surface area contributed by atoms with Gasteiger partial charge in [0.1, 0.15) is 5.65 Å². The van der Waals surface area contributed by atoms with Crippen molar-refractivity contribution in [2.45, 2.75) is 39.5 Å². The number of hydrogen-bond donors (Lipinski definition) is 2. The van der Waals surface area contributed by atoms with E-state index in [0.29, 0.717) is 0 Å². The van der Waals surface area contributed by atoms with Crippen LogP contribution in [-0.2, 0) is 6.42 Å². The van der Waals surface area contributed by atoms with Crippen LogP contribution >= 0.6 is 24.0 Å². The Morgan fingerprint density at radius 1 is 1.26 bits per heavy atom. The molecule has 0 aliphatic rings. The molecule has 2 rings (SSSR count). The first-order chi connectivity index (χ1) is 10.7. The van der Waals surface area contributed by atoms with E-state index in [1.807, 2.05) is 19.3 Å². The number of imidazole rings is 1. The van der Waals surface area contributed by atoms with E-state index in [0.717, 1.165) is 36.8 Å². The second kappa shape index (κ2) is 10.5. The number of unbranched alkanes of at least 4 members (excludes halogenated alkanes) is 2. The molecule has 0 fully saturated rings. The van der Waals surface area contributed by atoms with Crippen LogP contribution in [0.2, 0.25) is 0 Å². The molecular formula is C17H28IN5. The molecule has 0 bridgehead atoms. The lowest BCUT2D eigenvalue weighted by atomic mass is 10.2. The Labute approximate surface area is 156 Å². The van der Waals surface area contributed by atoms with Crippen molar-refractivity contribution in [1.82, 2.24) is 20.0 Å². The van der Waals surface area contributed by atoms with E-state index in [-0.39, 0.29) is 24.0 Å². The standard InChI is InChI=1S/C17H27N5.HI/c1-4-5-6-10-19-17(18-3)20-11-9-15-13-22-12-7-8-14(2)16(22)21-15;/h7-8,12-13H,4-6,9-11H2,1-3H3,(H2,18,19,20);1H. The molecule has 0 radical (unpaired) electrons. The molecule has 2 aromatic heterocycles. The second-order valence-electron chi connectivity index (χ2n) is 5.54. The van der Waals surface area contributed by atoms with Crippen molar-refractivity contribution in [3.05, 3.63) is 35.8 Å². The van der Waals surface area contributed by atoms with Crippen LogP contribution in [0.4, 0.5) is 0 Å². The highest BCUT2D eigenvalue weighted by Crippen LogP contribution is 2.09. The van der Waals surface area contributed by atoms with Gasteiger partial charge in [0.2, 0.25) is 0 Å². The minimum atomic E-state index is 0. The summed E-state index contributed by atoms with van der Waals surface area (Å²) in [4.78, 5) is 8.93. The number of aliphatic imine (C=N–C) groups is 1. The zero-order chi connectivity index (χ0) is 15.8. The third kappa shape index (κ3) is 6.01. The van der Waals surface area contributed by atoms with Gasteiger partial charge in [-0.1, -0.05) is 25.8 Å². The van der Waals surface area contributed by atoms with Gasteiger partial charge in [0.15, 0.2) is 5.96 Å². The number of fused-ring (bicyclic) bond motifs is 1. The molecule has 2 heterocycles. The van der Waals surface area contributed by atoms with Gasteiger partial charge in [0.25, 0.3) is 0 Å². The van der Waals surface area contributed by atoms with Gasteiger partial charge >= 0.3 is 0 Å². The van der Waals surface area contributed by atoms with Gasteiger partial charge in [-0.15, -0.1) is 24.0 Å². The molecule has 6 heteroatoms. The van der Waals surface area contributed by atoms with Gasteiger partial charge in [-0.25, -0.2) is 4.98 Å². The van der Waals surface area contributed by atoms with Crippen molar-refractivity contribution in [1.29, 1.82) is 0 Å². The number of nitrogens with zero attached hydrogens (tertiary/aromatic N) is 3. The van der Waals surface area contributed by atoms with Gasteiger partial charge in [-0.3, -0.25) is 4.99 Å². The summed E-state index contributed by atoms with van der Waals surface area (Å²) in [5.74, 6) is 0.871. The molecule has 0 aliphatic heterocycles. The summed E-state index contributed by atoms with van der Waals surface area (Å²) < 4.78 is 2.09. The summed E-state index contributed by atoms with van der Waals surface area (Å²) in [6.45, 7) is 6.10. The number of rotatable bonds is 7. The number of halogens is 1. The lowest BCUT2D eigenvalue weighted by Crippen LogP contribution is -2.38. The average Bonchev–Trinajstić information content (AvgIpc) is 2.94. The molecule has 128 valence electrons. The Hall–Kier alpha value is -1.31. The maximum Gasteiger partial charge on any atom is 0.190 e. The Morgan fingerprint density at radius 2 is 2.04 bits per heavy atom. The highest BCUT2D eigenvalue weighted by Gasteiger charge is 2.04. The average molecular weight is 429 g/mol. The molecule has 2 aromatic rings.